The van der Waals surface area contributed by atoms with Gasteiger partial charge in [-0.15, -0.1) is 0 Å². The molecule has 0 saturated heterocycles. The van der Waals surface area contributed by atoms with Gasteiger partial charge in [0.05, 0.1) is 11.4 Å². The Kier molecular flexibility index (Phi) is 5.22. The SMILES string of the molecule is CC(C)(C)c1cc(C(C)(C)C)n(Cn2nc(C(C)(C)C)cc2C(C)(C)C)n1. The first kappa shape index (κ1) is 21.7. The van der Waals surface area contributed by atoms with Gasteiger partial charge in [0.25, 0.3) is 0 Å². The van der Waals surface area contributed by atoms with Crippen molar-refractivity contribution in [3.05, 3.63) is 34.9 Å². The molecule has 0 unspecified atom stereocenters. The van der Waals surface area contributed by atoms with Crippen LogP contribution in [0.1, 0.15) is 106 Å². The lowest BCUT2D eigenvalue weighted by atomic mass is 9.88. The van der Waals surface area contributed by atoms with Crippen molar-refractivity contribution < 1.29 is 0 Å². The summed E-state index contributed by atoms with van der Waals surface area (Å²) >= 11 is 0. The molecule has 0 aromatic carbocycles. The minimum absolute atomic E-state index is 0.0262. The van der Waals surface area contributed by atoms with E-state index in [2.05, 4.69) is 105 Å². The zero-order chi connectivity index (χ0) is 21.0. The minimum Gasteiger partial charge on any atom is -0.247 e. The third-order valence-electron chi connectivity index (χ3n) is 4.90. The summed E-state index contributed by atoms with van der Waals surface area (Å²) in [4.78, 5) is 0. The van der Waals surface area contributed by atoms with Gasteiger partial charge in [0, 0.05) is 33.0 Å². The van der Waals surface area contributed by atoms with Crippen LogP contribution in [0.15, 0.2) is 12.1 Å². The molecule has 0 aliphatic rings. The van der Waals surface area contributed by atoms with E-state index < -0.39 is 0 Å². The molecule has 2 aromatic heterocycles. The van der Waals surface area contributed by atoms with E-state index in [1.54, 1.807) is 0 Å². The zero-order valence-electron chi connectivity index (χ0n) is 19.7. The number of aromatic nitrogens is 4. The predicted molar refractivity (Wildman–Crippen MR) is 115 cm³/mol. The molecule has 2 aromatic rings. The van der Waals surface area contributed by atoms with Crippen LogP contribution in [0.3, 0.4) is 0 Å². The monoisotopic (exact) mass is 372 g/mol. The second-order valence-corrected chi connectivity index (χ2v) is 12.0. The van der Waals surface area contributed by atoms with Crippen molar-refractivity contribution in [2.75, 3.05) is 0 Å². The van der Waals surface area contributed by atoms with E-state index in [1.165, 1.54) is 11.4 Å². The van der Waals surface area contributed by atoms with Crippen molar-refractivity contribution in [1.82, 2.24) is 19.6 Å². The van der Waals surface area contributed by atoms with E-state index in [-0.39, 0.29) is 21.7 Å². The largest absolute Gasteiger partial charge is 0.247 e. The van der Waals surface area contributed by atoms with Crippen molar-refractivity contribution in [2.24, 2.45) is 0 Å². The summed E-state index contributed by atoms with van der Waals surface area (Å²) in [6.07, 6.45) is 0. The quantitative estimate of drug-likeness (QED) is 0.670. The Morgan fingerprint density at radius 2 is 0.852 bits per heavy atom. The van der Waals surface area contributed by atoms with Crippen LogP contribution in [0.2, 0.25) is 0 Å². The van der Waals surface area contributed by atoms with Gasteiger partial charge in [-0.05, 0) is 12.1 Å². The summed E-state index contributed by atoms with van der Waals surface area (Å²) in [5.74, 6) is 0. The molecule has 152 valence electrons. The molecule has 0 atom stereocenters. The molecule has 0 aliphatic carbocycles. The molecular weight excluding hydrogens is 332 g/mol. The van der Waals surface area contributed by atoms with Crippen molar-refractivity contribution in [2.45, 2.75) is 111 Å². The van der Waals surface area contributed by atoms with Crippen molar-refractivity contribution >= 4 is 0 Å². The van der Waals surface area contributed by atoms with Crippen molar-refractivity contribution in [3.8, 4) is 0 Å². The average Bonchev–Trinajstić information content (AvgIpc) is 3.00. The van der Waals surface area contributed by atoms with Crippen LogP contribution in [0.25, 0.3) is 0 Å². The number of rotatable bonds is 2. The summed E-state index contributed by atoms with van der Waals surface area (Å²) in [5, 5.41) is 9.99. The summed E-state index contributed by atoms with van der Waals surface area (Å²) in [6, 6.07) is 4.54. The van der Waals surface area contributed by atoms with E-state index in [1.807, 2.05) is 0 Å². The molecule has 0 saturated carbocycles. The predicted octanol–water partition coefficient (Wildman–Crippen LogP) is 5.78. The molecular formula is C23H40N4. The Morgan fingerprint density at radius 3 is 1.07 bits per heavy atom. The van der Waals surface area contributed by atoms with Gasteiger partial charge in [-0.25, -0.2) is 9.36 Å². The summed E-state index contributed by atoms with van der Waals surface area (Å²) in [7, 11) is 0. The molecule has 27 heavy (non-hydrogen) atoms. The maximum atomic E-state index is 4.99. The van der Waals surface area contributed by atoms with Gasteiger partial charge >= 0.3 is 0 Å². The van der Waals surface area contributed by atoms with Crippen molar-refractivity contribution in [3.63, 3.8) is 0 Å². The Balaban J connectivity index is 2.60. The first-order valence-electron chi connectivity index (χ1n) is 10.1. The molecule has 0 bridgehead atoms. The Bertz CT molecular complexity index is 725. The van der Waals surface area contributed by atoms with Gasteiger partial charge in [-0.3, -0.25) is 0 Å². The summed E-state index contributed by atoms with van der Waals surface area (Å²) in [6.45, 7) is 27.5. The van der Waals surface area contributed by atoms with E-state index >= 15 is 0 Å². The Morgan fingerprint density at radius 1 is 0.556 bits per heavy atom. The smallest absolute Gasteiger partial charge is 0.133 e. The van der Waals surface area contributed by atoms with Crippen LogP contribution in [0.5, 0.6) is 0 Å². The number of nitrogens with zero attached hydrogens (tertiary/aromatic N) is 4. The lowest BCUT2D eigenvalue weighted by molar-refractivity contribution is 0.398. The maximum absolute atomic E-state index is 4.99. The van der Waals surface area contributed by atoms with E-state index in [9.17, 15) is 0 Å². The van der Waals surface area contributed by atoms with Gasteiger partial charge in [-0.1, -0.05) is 83.1 Å². The topological polar surface area (TPSA) is 35.6 Å². The molecule has 0 fully saturated rings. The fraction of sp³-hybridized carbons (Fsp3) is 0.739. The first-order chi connectivity index (χ1) is 11.9. The molecule has 0 amide bonds. The van der Waals surface area contributed by atoms with E-state index in [0.717, 1.165) is 11.4 Å². The van der Waals surface area contributed by atoms with Gasteiger partial charge in [0.15, 0.2) is 0 Å². The van der Waals surface area contributed by atoms with Gasteiger partial charge in [-0.2, -0.15) is 10.2 Å². The van der Waals surface area contributed by atoms with E-state index in [4.69, 9.17) is 10.2 Å². The van der Waals surface area contributed by atoms with Crippen LogP contribution in [-0.2, 0) is 28.3 Å². The molecule has 2 rings (SSSR count). The van der Waals surface area contributed by atoms with Crippen LogP contribution < -0.4 is 0 Å². The van der Waals surface area contributed by atoms with Crippen LogP contribution in [0, 0.1) is 0 Å². The second kappa shape index (κ2) is 6.49. The van der Waals surface area contributed by atoms with Crippen LogP contribution in [-0.4, -0.2) is 19.6 Å². The maximum Gasteiger partial charge on any atom is 0.133 e. The third-order valence-corrected chi connectivity index (χ3v) is 4.90. The highest BCUT2D eigenvalue weighted by Gasteiger charge is 2.29. The van der Waals surface area contributed by atoms with E-state index in [0.29, 0.717) is 6.67 Å². The fourth-order valence-electron chi connectivity index (χ4n) is 3.12. The minimum atomic E-state index is 0.0262. The van der Waals surface area contributed by atoms with Crippen LogP contribution >= 0.6 is 0 Å². The highest BCUT2D eigenvalue weighted by molar-refractivity contribution is 5.25. The number of hydrogen-bond donors (Lipinski definition) is 0. The molecule has 0 aliphatic heterocycles. The molecule has 0 radical (unpaired) electrons. The fourth-order valence-corrected chi connectivity index (χ4v) is 3.12. The Labute approximate surface area is 166 Å². The lowest BCUT2D eigenvalue weighted by Crippen LogP contribution is -2.26. The number of hydrogen-bond acceptors (Lipinski definition) is 2. The lowest BCUT2D eigenvalue weighted by Gasteiger charge is -2.23. The second-order valence-electron chi connectivity index (χ2n) is 12.0. The van der Waals surface area contributed by atoms with Crippen molar-refractivity contribution in [1.29, 1.82) is 0 Å². The summed E-state index contributed by atoms with van der Waals surface area (Å²) < 4.78 is 4.30. The normalized spacial score (nSPS) is 14.1. The highest BCUT2D eigenvalue weighted by Crippen LogP contribution is 2.31. The molecule has 2 heterocycles. The molecule has 0 spiro atoms. The highest BCUT2D eigenvalue weighted by atomic mass is 15.4. The van der Waals surface area contributed by atoms with Crippen LogP contribution in [0.4, 0.5) is 0 Å². The first-order valence-corrected chi connectivity index (χ1v) is 10.1. The van der Waals surface area contributed by atoms with Gasteiger partial charge in [0.1, 0.15) is 6.67 Å². The summed E-state index contributed by atoms with van der Waals surface area (Å²) in [5.41, 5.74) is 4.87. The average molecular weight is 373 g/mol. The zero-order valence-corrected chi connectivity index (χ0v) is 19.7. The van der Waals surface area contributed by atoms with Gasteiger partial charge < -0.3 is 0 Å². The molecule has 4 nitrogen and oxygen atoms in total. The van der Waals surface area contributed by atoms with Gasteiger partial charge in [0.2, 0.25) is 0 Å². The standard InChI is InChI=1S/C23H40N4/c1-20(2,3)16-13-18(22(7,8)9)26(24-16)15-27-19(23(10,11)12)14-17(25-27)21(4,5)6/h13-14H,15H2,1-12H3. The Hall–Kier alpha value is -1.58. The molecule has 4 heteroatoms. The molecule has 0 N–H and O–H groups in total. The third kappa shape index (κ3) is 4.83.